The molecule has 4 rings (SSSR count). The number of unbranched alkanes of at least 4 members (excludes halogenated alkanes) is 1. The third kappa shape index (κ3) is 7.54. The minimum Gasteiger partial charge on any atom is -0.490 e. The fourth-order valence-electron chi connectivity index (χ4n) is 3.73. The van der Waals surface area contributed by atoms with E-state index in [4.69, 9.17) is 14.2 Å². The molecule has 0 aliphatic rings. The van der Waals surface area contributed by atoms with E-state index in [1.165, 1.54) is 6.33 Å². The molecule has 0 aliphatic carbocycles. The molecule has 0 unspecified atom stereocenters. The average molecular weight is 513 g/mol. The molecular weight excluding hydrogens is 480 g/mol. The second-order valence-electron chi connectivity index (χ2n) is 8.95. The highest BCUT2D eigenvalue weighted by Gasteiger charge is 2.15. The van der Waals surface area contributed by atoms with Gasteiger partial charge >= 0.3 is 5.97 Å². The van der Waals surface area contributed by atoms with E-state index in [0.29, 0.717) is 35.7 Å². The summed E-state index contributed by atoms with van der Waals surface area (Å²) in [5, 5.41) is 4.00. The summed E-state index contributed by atoms with van der Waals surface area (Å²) in [6.07, 6.45) is 4.47. The zero-order valence-corrected chi connectivity index (χ0v) is 21.7. The molecule has 0 amide bonds. The smallest absolute Gasteiger partial charge is 0.335 e. The number of carbonyl (C=O) groups is 1. The molecule has 0 radical (unpaired) electrons. The van der Waals surface area contributed by atoms with Gasteiger partial charge in [-0.05, 0) is 69.4 Å². The van der Waals surface area contributed by atoms with Crippen LogP contribution < -0.4 is 19.5 Å². The lowest BCUT2D eigenvalue weighted by Crippen LogP contribution is -2.14. The predicted molar refractivity (Wildman–Crippen MR) is 149 cm³/mol. The number of benzene rings is 3. The van der Waals surface area contributed by atoms with Gasteiger partial charge in [0, 0.05) is 23.2 Å². The van der Waals surface area contributed by atoms with Crippen LogP contribution in [-0.2, 0) is 11.4 Å². The zero-order valence-electron chi connectivity index (χ0n) is 21.7. The lowest BCUT2D eigenvalue weighted by molar-refractivity contribution is -0.129. The van der Waals surface area contributed by atoms with Crippen LogP contribution in [0.15, 0.2) is 85.7 Å². The predicted octanol–water partition coefficient (Wildman–Crippen LogP) is 5.76. The van der Waals surface area contributed by atoms with E-state index in [9.17, 15) is 4.79 Å². The van der Waals surface area contributed by atoms with Gasteiger partial charge in [-0.25, -0.2) is 14.8 Å². The summed E-state index contributed by atoms with van der Waals surface area (Å²) < 4.78 is 17.3. The molecule has 3 aromatic carbocycles. The fourth-order valence-corrected chi connectivity index (χ4v) is 3.73. The van der Waals surface area contributed by atoms with Crippen molar-refractivity contribution < 1.29 is 19.0 Å². The van der Waals surface area contributed by atoms with Crippen molar-refractivity contribution in [3.8, 4) is 17.2 Å². The Hall–Kier alpha value is -4.43. The van der Waals surface area contributed by atoms with Gasteiger partial charge in [0.15, 0.2) is 11.5 Å². The molecule has 1 aromatic heterocycles. The van der Waals surface area contributed by atoms with Gasteiger partial charge in [-0.15, -0.1) is 0 Å². The Morgan fingerprint density at radius 3 is 2.50 bits per heavy atom. The first-order valence-electron chi connectivity index (χ1n) is 12.5. The van der Waals surface area contributed by atoms with Crippen LogP contribution in [0.3, 0.4) is 0 Å². The first-order chi connectivity index (χ1) is 18.5. The maximum atomic E-state index is 12.0. The van der Waals surface area contributed by atoms with Gasteiger partial charge in [0.25, 0.3) is 0 Å². The maximum absolute atomic E-state index is 12.0. The van der Waals surface area contributed by atoms with Crippen molar-refractivity contribution in [2.45, 2.75) is 19.4 Å². The molecular formula is C30H32N4O4. The van der Waals surface area contributed by atoms with Gasteiger partial charge in [0.1, 0.15) is 24.5 Å². The Kier molecular flexibility index (Phi) is 9.26. The van der Waals surface area contributed by atoms with Crippen molar-refractivity contribution in [3.63, 3.8) is 0 Å². The zero-order chi connectivity index (χ0) is 26.7. The van der Waals surface area contributed by atoms with Crippen molar-refractivity contribution in [3.05, 3.63) is 91.3 Å². The van der Waals surface area contributed by atoms with Crippen LogP contribution in [0, 0.1) is 0 Å². The second-order valence-corrected chi connectivity index (χ2v) is 8.95. The molecule has 4 aromatic rings. The van der Waals surface area contributed by atoms with E-state index in [1.807, 2.05) is 68.7 Å². The number of rotatable bonds is 13. The quantitative estimate of drug-likeness (QED) is 0.105. The molecule has 0 fully saturated rings. The number of nitrogens with one attached hydrogen (secondary N) is 1. The van der Waals surface area contributed by atoms with E-state index in [0.717, 1.165) is 42.5 Å². The summed E-state index contributed by atoms with van der Waals surface area (Å²) in [5.74, 6) is 1.50. The molecule has 8 heteroatoms. The summed E-state index contributed by atoms with van der Waals surface area (Å²) in [4.78, 5) is 23.0. The van der Waals surface area contributed by atoms with Crippen LogP contribution in [0.25, 0.3) is 10.9 Å². The Bertz CT molecular complexity index is 1360. The monoisotopic (exact) mass is 512 g/mol. The summed E-state index contributed by atoms with van der Waals surface area (Å²) in [5.41, 5.74) is 2.59. The van der Waals surface area contributed by atoms with Gasteiger partial charge in [-0.1, -0.05) is 36.9 Å². The standard InChI is InChI=1S/C30H32N4O4/c1-4-29(35)38-28-18-25-26(19-27(28)36-17-9-8-16-34(2)3)31-21-32-30(25)33-23-12-14-24(15-13-23)37-20-22-10-6-5-7-11-22/h4-7,10-15,18-19,21H,1,8-9,16-17,20H2,2-3H3,(H,31,32,33). The lowest BCUT2D eigenvalue weighted by atomic mass is 10.2. The number of anilines is 2. The Labute approximate surface area is 222 Å². The molecule has 0 aliphatic heterocycles. The van der Waals surface area contributed by atoms with Crippen LogP contribution in [0.5, 0.6) is 17.2 Å². The average Bonchev–Trinajstić information content (AvgIpc) is 2.93. The highest BCUT2D eigenvalue weighted by molar-refractivity contribution is 5.94. The molecule has 0 atom stereocenters. The van der Waals surface area contributed by atoms with E-state index in [-0.39, 0.29) is 5.75 Å². The summed E-state index contributed by atoms with van der Waals surface area (Å²) in [6.45, 7) is 5.46. The largest absolute Gasteiger partial charge is 0.490 e. The third-order valence-corrected chi connectivity index (χ3v) is 5.70. The highest BCUT2D eigenvalue weighted by atomic mass is 16.6. The number of nitrogens with zero attached hydrogens (tertiary/aromatic N) is 3. The van der Waals surface area contributed by atoms with Crippen molar-refractivity contribution in [2.75, 3.05) is 32.6 Å². The Morgan fingerprint density at radius 2 is 1.76 bits per heavy atom. The van der Waals surface area contributed by atoms with Crippen molar-refractivity contribution in [2.24, 2.45) is 0 Å². The van der Waals surface area contributed by atoms with Gasteiger partial charge < -0.3 is 24.4 Å². The molecule has 0 saturated carbocycles. The topological polar surface area (TPSA) is 85.8 Å². The summed E-state index contributed by atoms with van der Waals surface area (Å²) in [6, 6.07) is 21.1. The van der Waals surface area contributed by atoms with Crippen LogP contribution >= 0.6 is 0 Å². The number of esters is 1. The summed E-state index contributed by atoms with van der Waals surface area (Å²) >= 11 is 0. The summed E-state index contributed by atoms with van der Waals surface area (Å²) in [7, 11) is 4.08. The molecule has 8 nitrogen and oxygen atoms in total. The van der Waals surface area contributed by atoms with Crippen LogP contribution in [0.1, 0.15) is 18.4 Å². The van der Waals surface area contributed by atoms with Crippen LogP contribution in [-0.4, -0.2) is 48.1 Å². The molecule has 38 heavy (non-hydrogen) atoms. The van der Waals surface area contributed by atoms with Crippen LogP contribution in [0.4, 0.5) is 11.5 Å². The van der Waals surface area contributed by atoms with Crippen molar-refractivity contribution in [1.82, 2.24) is 14.9 Å². The van der Waals surface area contributed by atoms with E-state index < -0.39 is 5.97 Å². The molecule has 1 heterocycles. The van der Waals surface area contributed by atoms with E-state index in [2.05, 4.69) is 26.8 Å². The molecule has 1 N–H and O–H groups in total. The van der Waals surface area contributed by atoms with E-state index >= 15 is 0 Å². The number of carbonyl (C=O) groups excluding carboxylic acids is 1. The number of aromatic nitrogens is 2. The minimum absolute atomic E-state index is 0.289. The van der Waals surface area contributed by atoms with E-state index in [1.54, 1.807) is 12.1 Å². The number of ether oxygens (including phenoxy) is 3. The SMILES string of the molecule is C=CC(=O)Oc1cc2c(Nc3ccc(OCc4ccccc4)cc3)ncnc2cc1OCCCCN(C)C. The number of hydrogen-bond donors (Lipinski definition) is 1. The fraction of sp³-hybridized carbons (Fsp3) is 0.233. The van der Waals surface area contributed by atoms with Gasteiger partial charge in [-0.2, -0.15) is 0 Å². The molecule has 0 saturated heterocycles. The minimum atomic E-state index is -0.570. The highest BCUT2D eigenvalue weighted by Crippen LogP contribution is 2.35. The van der Waals surface area contributed by atoms with Gasteiger partial charge in [-0.3, -0.25) is 0 Å². The first-order valence-corrected chi connectivity index (χ1v) is 12.5. The van der Waals surface area contributed by atoms with Crippen molar-refractivity contribution >= 4 is 28.4 Å². The Balaban J connectivity index is 1.50. The second kappa shape index (κ2) is 13.2. The molecule has 0 spiro atoms. The number of fused-ring (bicyclic) bond motifs is 1. The van der Waals surface area contributed by atoms with Crippen LogP contribution in [0.2, 0.25) is 0 Å². The van der Waals surface area contributed by atoms with Gasteiger partial charge in [0.2, 0.25) is 0 Å². The normalized spacial score (nSPS) is 10.8. The molecule has 0 bridgehead atoms. The number of hydrogen-bond acceptors (Lipinski definition) is 8. The Morgan fingerprint density at radius 1 is 0.974 bits per heavy atom. The van der Waals surface area contributed by atoms with Gasteiger partial charge in [0.05, 0.1) is 12.1 Å². The third-order valence-electron chi connectivity index (χ3n) is 5.70. The lowest BCUT2D eigenvalue weighted by Gasteiger charge is -2.15. The van der Waals surface area contributed by atoms with Crippen molar-refractivity contribution in [1.29, 1.82) is 0 Å². The maximum Gasteiger partial charge on any atom is 0.335 e. The first kappa shape index (κ1) is 26.6. The molecule has 196 valence electrons.